The fraction of sp³-hybridized carbons (Fsp3) is 0.422. The van der Waals surface area contributed by atoms with Crippen LogP contribution in [0.5, 0.6) is 0 Å². The third-order valence-corrected chi connectivity index (χ3v) is 12.6. The van der Waals surface area contributed by atoms with Crippen LogP contribution in [0.15, 0.2) is 102 Å². The van der Waals surface area contributed by atoms with E-state index in [2.05, 4.69) is 25.4 Å². The van der Waals surface area contributed by atoms with Crippen molar-refractivity contribution >= 4 is 0 Å². The molecule has 0 radical (unpaired) electrons. The van der Waals surface area contributed by atoms with Gasteiger partial charge in [0.05, 0.1) is 54.7 Å². The van der Waals surface area contributed by atoms with E-state index in [0.717, 1.165) is 42.6 Å². The SMILES string of the molecule is FC(F)(F)c1cc(COC[C@@]23CC2CN[C@H]3c2ccccc2)cc(C(F)(F)F)c1.O=c1[nH]nc([C@@H](COCc2cc(C(F)(F)F)cc(C(F)(F)F)c2)N2CC3CC3[C@H]2c2ccccc2)[nH]1. The van der Waals surface area contributed by atoms with Crippen molar-refractivity contribution in [3.63, 3.8) is 0 Å². The van der Waals surface area contributed by atoms with Crippen molar-refractivity contribution in [3.05, 3.63) is 158 Å². The molecule has 7 atom stereocenters. The summed E-state index contributed by atoms with van der Waals surface area (Å²) in [5.74, 6) is 1.57. The second-order valence-electron chi connectivity index (χ2n) is 17.0. The van der Waals surface area contributed by atoms with E-state index >= 15 is 0 Å². The Bertz CT molecular complexity index is 2420. The van der Waals surface area contributed by atoms with Gasteiger partial charge in [-0.25, -0.2) is 9.89 Å². The Balaban J connectivity index is 0.000000181. The highest BCUT2D eigenvalue weighted by Gasteiger charge is 2.63. The zero-order valence-electron chi connectivity index (χ0n) is 34.0. The maximum atomic E-state index is 13.2. The minimum Gasteiger partial charge on any atom is -0.376 e. The first kappa shape index (κ1) is 46.4. The standard InChI is InChI=1S/C24H22F6N4O2.C21H19F6NO/c25-23(26,27)16-6-13(7-17(9-16)24(28,29)30)11-36-12-19(21-31-22(35)33-32-21)34-10-15-8-18(15)20(34)14-4-2-1-3-5-14;22-20(23,24)15-6-13(7-16(8-15)21(25,26)27)11-29-12-19-9-17(19)10-28-18(19)14-4-2-1-3-5-14/h1-7,9,15,18-20H,8,10-12H2,(H2,31,32,33,35);1-8,17-18,28H,9-12H2/t15?,18?,19-,20-;17?,18-,19-/m10/s1. The Kier molecular flexibility index (Phi) is 12.5. The van der Waals surface area contributed by atoms with Crippen LogP contribution in [0.1, 0.15) is 81.3 Å². The molecule has 4 aromatic carbocycles. The molecule has 0 bridgehead atoms. The molecular weight excluding hydrogens is 887 g/mol. The van der Waals surface area contributed by atoms with Gasteiger partial charge in [-0.3, -0.25) is 9.88 Å². The predicted octanol–water partition coefficient (Wildman–Crippen LogP) is 10.7. The largest absolute Gasteiger partial charge is 0.416 e. The summed E-state index contributed by atoms with van der Waals surface area (Å²) < 4.78 is 168. The number of aromatic nitrogens is 3. The molecule has 2 aliphatic heterocycles. The summed E-state index contributed by atoms with van der Waals surface area (Å²) in [6.45, 7) is 0.931. The van der Waals surface area contributed by atoms with Crippen LogP contribution >= 0.6 is 0 Å². The van der Waals surface area contributed by atoms with Crippen LogP contribution in [0.3, 0.4) is 0 Å². The summed E-state index contributed by atoms with van der Waals surface area (Å²) >= 11 is 0. The van der Waals surface area contributed by atoms with Crippen molar-refractivity contribution < 1.29 is 62.2 Å². The first-order valence-electron chi connectivity index (χ1n) is 20.6. The smallest absolute Gasteiger partial charge is 0.376 e. The maximum Gasteiger partial charge on any atom is 0.416 e. The Hall–Kier alpha value is -5.18. The molecule has 4 fully saturated rings. The lowest BCUT2D eigenvalue weighted by molar-refractivity contribution is -0.144. The number of piperidine rings is 2. The minimum atomic E-state index is -4.94. The number of halogens is 12. The third kappa shape index (κ3) is 10.4. The summed E-state index contributed by atoms with van der Waals surface area (Å²) in [6, 6.07) is 22.1. The molecule has 65 heavy (non-hydrogen) atoms. The quantitative estimate of drug-likeness (QED) is 0.108. The van der Waals surface area contributed by atoms with Crippen LogP contribution in [0, 0.1) is 23.2 Å². The normalized spacial score (nSPS) is 24.5. The molecule has 20 heteroatoms. The summed E-state index contributed by atoms with van der Waals surface area (Å²) in [7, 11) is 0. The van der Waals surface area contributed by atoms with Gasteiger partial charge in [-0.2, -0.15) is 57.8 Å². The van der Waals surface area contributed by atoms with E-state index in [0.29, 0.717) is 42.3 Å². The predicted molar refractivity (Wildman–Crippen MR) is 209 cm³/mol. The van der Waals surface area contributed by atoms with E-state index in [1.807, 2.05) is 60.7 Å². The van der Waals surface area contributed by atoms with Crippen LogP contribution < -0.4 is 11.0 Å². The van der Waals surface area contributed by atoms with Gasteiger partial charge in [0.15, 0.2) is 5.82 Å². The molecule has 5 aromatic rings. The fourth-order valence-corrected chi connectivity index (χ4v) is 9.38. The van der Waals surface area contributed by atoms with Crippen LogP contribution in [0.25, 0.3) is 0 Å². The van der Waals surface area contributed by atoms with E-state index < -0.39 is 65.3 Å². The number of hydrogen-bond acceptors (Lipinski definition) is 6. The van der Waals surface area contributed by atoms with Gasteiger partial charge in [0.2, 0.25) is 0 Å². The lowest BCUT2D eigenvalue weighted by atomic mass is 9.91. The second kappa shape index (κ2) is 17.6. The molecule has 3 N–H and O–H groups in total. The summed E-state index contributed by atoms with van der Waals surface area (Å²) in [5, 5.41) is 9.79. The van der Waals surface area contributed by atoms with Crippen molar-refractivity contribution in [2.75, 3.05) is 26.3 Å². The van der Waals surface area contributed by atoms with Crippen LogP contribution in [0.4, 0.5) is 52.7 Å². The van der Waals surface area contributed by atoms with Crippen molar-refractivity contribution in [1.82, 2.24) is 25.4 Å². The van der Waals surface area contributed by atoms with E-state index in [9.17, 15) is 57.5 Å². The summed E-state index contributed by atoms with van der Waals surface area (Å²) in [4.78, 5) is 16.5. The van der Waals surface area contributed by atoms with Gasteiger partial charge < -0.3 is 14.8 Å². The summed E-state index contributed by atoms with van der Waals surface area (Å²) in [5.41, 5.74) is -4.32. The third-order valence-electron chi connectivity index (χ3n) is 12.6. The number of aromatic amines is 2. The number of likely N-dealkylation sites (tertiary alicyclic amines) is 1. The fourth-order valence-electron chi connectivity index (χ4n) is 9.38. The Morgan fingerprint density at radius 3 is 1.68 bits per heavy atom. The number of fused-ring (bicyclic) bond motifs is 2. The molecule has 0 amide bonds. The maximum absolute atomic E-state index is 13.2. The molecule has 0 spiro atoms. The molecule has 8 nitrogen and oxygen atoms in total. The van der Waals surface area contributed by atoms with Crippen molar-refractivity contribution in [3.8, 4) is 0 Å². The topological polar surface area (TPSA) is 95.3 Å². The van der Waals surface area contributed by atoms with Gasteiger partial charge in [-0.15, -0.1) is 0 Å². The Labute approximate surface area is 363 Å². The molecule has 9 rings (SSSR count). The zero-order valence-corrected chi connectivity index (χ0v) is 34.0. The Morgan fingerprint density at radius 2 is 1.20 bits per heavy atom. The molecule has 3 unspecified atom stereocenters. The molecule has 4 aliphatic rings. The van der Waals surface area contributed by atoms with Gasteiger partial charge >= 0.3 is 30.4 Å². The van der Waals surface area contributed by atoms with Crippen LogP contribution in [-0.4, -0.2) is 46.4 Å². The minimum absolute atomic E-state index is 0.0235. The average molecular weight is 928 g/mol. The van der Waals surface area contributed by atoms with Gasteiger partial charge in [0, 0.05) is 24.0 Å². The average Bonchev–Trinajstić information content (AvgIpc) is 4.00. The number of rotatable bonds is 12. The van der Waals surface area contributed by atoms with E-state index in [1.165, 1.54) is 0 Å². The van der Waals surface area contributed by atoms with Gasteiger partial charge in [-0.05, 0) is 95.8 Å². The highest BCUT2D eigenvalue weighted by Crippen LogP contribution is 2.64. The van der Waals surface area contributed by atoms with Crippen LogP contribution in [0.2, 0.25) is 0 Å². The summed E-state index contributed by atoms with van der Waals surface area (Å²) in [6.07, 6.45) is -17.6. The zero-order chi connectivity index (χ0) is 46.5. The molecule has 1 aromatic heterocycles. The number of nitrogens with zero attached hydrogens (tertiary/aromatic N) is 2. The van der Waals surface area contributed by atoms with Crippen molar-refractivity contribution in [2.24, 2.45) is 23.2 Å². The lowest BCUT2D eigenvalue weighted by Gasteiger charge is -2.34. The van der Waals surface area contributed by atoms with Gasteiger partial charge in [0.1, 0.15) is 0 Å². The molecule has 2 aliphatic carbocycles. The Morgan fingerprint density at radius 1 is 0.692 bits per heavy atom. The number of hydrogen-bond donors (Lipinski definition) is 3. The first-order chi connectivity index (χ1) is 30.6. The first-order valence-corrected chi connectivity index (χ1v) is 20.6. The van der Waals surface area contributed by atoms with Crippen molar-refractivity contribution in [1.29, 1.82) is 0 Å². The molecule has 348 valence electrons. The van der Waals surface area contributed by atoms with E-state index in [1.54, 1.807) is 0 Å². The van der Waals surface area contributed by atoms with Crippen molar-refractivity contribution in [2.45, 2.75) is 68.9 Å². The number of nitrogens with one attached hydrogen (secondary N) is 3. The number of ether oxygens (including phenoxy) is 2. The molecular formula is C45H41F12N5O3. The van der Waals surface area contributed by atoms with Crippen LogP contribution in [-0.2, 0) is 47.4 Å². The van der Waals surface area contributed by atoms with E-state index in [4.69, 9.17) is 9.47 Å². The highest BCUT2D eigenvalue weighted by molar-refractivity contribution is 5.35. The van der Waals surface area contributed by atoms with E-state index in [-0.39, 0.29) is 60.6 Å². The number of H-pyrrole nitrogens is 2. The highest BCUT2D eigenvalue weighted by atomic mass is 19.4. The second-order valence-corrected chi connectivity index (χ2v) is 17.0. The molecule has 2 saturated heterocycles. The molecule has 2 saturated carbocycles. The lowest BCUT2D eigenvalue weighted by Crippen LogP contribution is -2.35. The van der Waals surface area contributed by atoms with Gasteiger partial charge in [0.25, 0.3) is 0 Å². The monoisotopic (exact) mass is 927 g/mol. The number of alkyl halides is 12. The molecule has 3 heterocycles. The van der Waals surface area contributed by atoms with Gasteiger partial charge in [-0.1, -0.05) is 60.7 Å². The number of benzene rings is 4.